The van der Waals surface area contributed by atoms with Crippen molar-refractivity contribution in [3.8, 4) is 0 Å². The summed E-state index contributed by atoms with van der Waals surface area (Å²) in [4.78, 5) is 0. The van der Waals surface area contributed by atoms with E-state index in [0.717, 1.165) is 5.71 Å². The van der Waals surface area contributed by atoms with E-state index in [0.29, 0.717) is 29.1 Å². The van der Waals surface area contributed by atoms with Gasteiger partial charge in [0.15, 0.2) is 10.8 Å². The molecule has 1 heterocycles. The Morgan fingerprint density at radius 1 is 1.39 bits per heavy atom. The van der Waals surface area contributed by atoms with Gasteiger partial charge < -0.3 is 10.4 Å². The van der Waals surface area contributed by atoms with E-state index in [1.807, 2.05) is 6.92 Å². The number of nitrogens with one attached hydrogen (secondary N) is 1. The number of fused-ring (bicyclic) bond motifs is 3. The van der Waals surface area contributed by atoms with Crippen LogP contribution in [0.4, 0.5) is 10.1 Å². The summed E-state index contributed by atoms with van der Waals surface area (Å²) < 4.78 is 13.0. The zero-order chi connectivity index (χ0) is 16.6. The number of halogens is 1. The molecular formula is C17H20FN3OS. The Labute approximate surface area is 140 Å². The molecule has 2 fully saturated rings. The van der Waals surface area contributed by atoms with Crippen LogP contribution in [0.1, 0.15) is 27.2 Å². The highest BCUT2D eigenvalue weighted by Crippen LogP contribution is 2.73. The zero-order valence-corrected chi connectivity index (χ0v) is 14.2. The van der Waals surface area contributed by atoms with Gasteiger partial charge in [-0.05, 0) is 60.7 Å². The lowest BCUT2D eigenvalue weighted by atomic mass is 9.84. The predicted octanol–water partition coefficient (Wildman–Crippen LogP) is 3.19. The minimum Gasteiger partial charge on any atom is -0.368 e. The number of anilines is 1. The summed E-state index contributed by atoms with van der Waals surface area (Å²) in [6, 6.07) is 5.97. The number of nitrogens with zero attached hydrogens (tertiary/aromatic N) is 2. The van der Waals surface area contributed by atoms with Gasteiger partial charge in [-0.15, -0.1) is 0 Å². The van der Waals surface area contributed by atoms with Crippen LogP contribution in [-0.4, -0.2) is 26.7 Å². The van der Waals surface area contributed by atoms with Crippen LogP contribution in [0, 0.1) is 29.0 Å². The molecule has 1 aliphatic heterocycles. The second kappa shape index (κ2) is 4.51. The van der Waals surface area contributed by atoms with Crippen LogP contribution in [-0.2, 0) is 0 Å². The Morgan fingerprint density at radius 2 is 2.04 bits per heavy atom. The summed E-state index contributed by atoms with van der Waals surface area (Å²) >= 11 is 5.44. The molecule has 1 unspecified atom stereocenters. The summed E-state index contributed by atoms with van der Waals surface area (Å²) in [5, 5.41) is 20.7. The zero-order valence-electron chi connectivity index (χ0n) is 13.4. The number of rotatable bonds is 1. The van der Waals surface area contributed by atoms with Crippen molar-refractivity contribution in [1.82, 2.24) is 5.01 Å². The third-order valence-corrected chi connectivity index (χ3v) is 6.15. The average Bonchev–Trinajstić information content (AvgIpc) is 2.79. The van der Waals surface area contributed by atoms with Gasteiger partial charge in [-0.1, -0.05) is 13.8 Å². The molecule has 0 spiro atoms. The second-order valence-electron chi connectivity index (χ2n) is 7.50. The van der Waals surface area contributed by atoms with Crippen LogP contribution < -0.4 is 5.32 Å². The monoisotopic (exact) mass is 333 g/mol. The first kappa shape index (κ1) is 15.0. The highest BCUT2D eigenvalue weighted by molar-refractivity contribution is 7.80. The van der Waals surface area contributed by atoms with E-state index in [9.17, 15) is 9.50 Å². The van der Waals surface area contributed by atoms with Crippen molar-refractivity contribution in [3.05, 3.63) is 30.1 Å². The summed E-state index contributed by atoms with van der Waals surface area (Å²) in [5.74, 6) is 0.720. The van der Waals surface area contributed by atoms with E-state index in [1.54, 1.807) is 17.1 Å². The molecule has 2 saturated carbocycles. The summed E-state index contributed by atoms with van der Waals surface area (Å²) in [6.45, 7) is 6.48. The van der Waals surface area contributed by atoms with E-state index in [-0.39, 0.29) is 17.2 Å². The first-order valence-corrected chi connectivity index (χ1v) is 8.30. The molecule has 2 N–H and O–H groups in total. The van der Waals surface area contributed by atoms with Gasteiger partial charge in [0.25, 0.3) is 0 Å². The standard InChI is InChI=1S/C17H20FN3OS/c1-9-13-14-12(16(14,2)3)8-17(13,22)21(20-9)15(23)19-11-6-4-10(18)5-7-11/h4-7,12-14,22H,8H2,1-3H3,(H,19,23)/t12-,13-,14?,17+/m1/s1. The molecule has 1 aromatic rings. The van der Waals surface area contributed by atoms with Crippen LogP contribution >= 0.6 is 12.2 Å². The molecule has 0 bridgehead atoms. The Morgan fingerprint density at radius 3 is 2.70 bits per heavy atom. The maximum absolute atomic E-state index is 13.0. The summed E-state index contributed by atoms with van der Waals surface area (Å²) in [6.07, 6.45) is 0.682. The number of hydrogen-bond acceptors (Lipinski definition) is 3. The number of benzene rings is 1. The van der Waals surface area contributed by atoms with Crippen LogP contribution in [0.2, 0.25) is 0 Å². The van der Waals surface area contributed by atoms with Gasteiger partial charge in [0.05, 0.1) is 5.92 Å². The molecular weight excluding hydrogens is 313 g/mol. The van der Waals surface area contributed by atoms with Crippen molar-refractivity contribution < 1.29 is 9.50 Å². The van der Waals surface area contributed by atoms with E-state index in [1.165, 1.54) is 12.1 Å². The SMILES string of the molecule is CC1=NN(C(=S)Nc2ccc(F)cc2)[C@]2(O)C[C@@H]3C([C@@H]12)C3(C)C. The van der Waals surface area contributed by atoms with Gasteiger partial charge in [0.2, 0.25) is 0 Å². The van der Waals surface area contributed by atoms with Crippen LogP contribution in [0.5, 0.6) is 0 Å². The van der Waals surface area contributed by atoms with Crippen LogP contribution in [0.3, 0.4) is 0 Å². The highest BCUT2D eigenvalue weighted by Gasteiger charge is 2.75. The largest absolute Gasteiger partial charge is 0.368 e. The molecule has 0 radical (unpaired) electrons. The third-order valence-electron chi connectivity index (χ3n) is 5.88. The van der Waals surface area contributed by atoms with E-state index < -0.39 is 5.72 Å². The maximum atomic E-state index is 13.0. The minimum absolute atomic E-state index is 0.0375. The molecule has 4 nitrogen and oxygen atoms in total. The van der Waals surface area contributed by atoms with Crippen molar-refractivity contribution in [2.75, 3.05) is 5.32 Å². The van der Waals surface area contributed by atoms with Crippen molar-refractivity contribution >= 4 is 28.7 Å². The Bertz CT molecular complexity index is 717. The Balaban J connectivity index is 1.56. The molecule has 0 aromatic heterocycles. The number of hydrazone groups is 1. The molecule has 4 atom stereocenters. The minimum atomic E-state index is -1.03. The summed E-state index contributed by atoms with van der Waals surface area (Å²) in [5.41, 5.74) is 0.864. The Kier molecular flexibility index (Phi) is 2.95. The van der Waals surface area contributed by atoms with Crippen molar-refractivity contribution in [2.45, 2.75) is 32.9 Å². The first-order valence-electron chi connectivity index (χ1n) is 7.89. The maximum Gasteiger partial charge on any atom is 0.196 e. The fourth-order valence-corrected chi connectivity index (χ4v) is 4.94. The van der Waals surface area contributed by atoms with Gasteiger partial charge in [0, 0.05) is 17.8 Å². The predicted molar refractivity (Wildman–Crippen MR) is 91.4 cm³/mol. The number of hydrogen-bond donors (Lipinski definition) is 2. The van der Waals surface area contributed by atoms with Crippen LogP contribution in [0.15, 0.2) is 29.4 Å². The number of aliphatic hydroxyl groups is 1. The summed E-state index contributed by atoms with van der Waals surface area (Å²) in [7, 11) is 0. The fourth-order valence-electron chi connectivity index (χ4n) is 4.63. The first-order chi connectivity index (χ1) is 10.7. The molecule has 4 rings (SSSR count). The van der Waals surface area contributed by atoms with Gasteiger partial charge in [0.1, 0.15) is 5.82 Å². The van der Waals surface area contributed by atoms with Gasteiger partial charge in [-0.3, -0.25) is 0 Å². The molecule has 6 heteroatoms. The number of thiocarbonyl (C=S) groups is 1. The normalized spacial score (nSPS) is 36.3. The van der Waals surface area contributed by atoms with E-state index in [2.05, 4.69) is 24.3 Å². The smallest absolute Gasteiger partial charge is 0.196 e. The average molecular weight is 333 g/mol. The molecule has 122 valence electrons. The van der Waals surface area contributed by atoms with E-state index >= 15 is 0 Å². The molecule has 0 amide bonds. The lowest BCUT2D eigenvalue weighted by Crippen LogP contribution is -2.51. The van der Waals surface area contributed by atoms with Crippen LogP contribution in [0.25, 0.3) is 0 Å². The lowest BCUT2D eigenvalue weighted by Gasteiger charge is -2.36. The second-order valence-corrected chi connectivity index (χ2v) is 7.89. The molecule has 2 aliphatic carbocycles. The fraction of sp³-hybridized carbons (Fsp3) is 0.529. The van der Waals surface area contributed by atoms with Gasteiger partial charge in [-0.25, -0.2) is 9.40 Å². The quantitative estimate of drug-likeness (QED) is 0.775. The van der Waals surface area contributed by atoms with Gasteiger partial charge >= 0.3 is 0 Å². The van der Waals surface area contributed by atoms with E-state index in [4.69, 9.17) is 12.2 Å². The highest BCUT2D eigenvalue weighted by atomic mass is 32.1. The van der Waals surface area contributed by atoms with Crippen molar-refractivity contribution in [2.24, 2.45) is 28.3 Å². The molecule has 1 aromatic carbocycles. The lowest BCUT2D eigenvalue weighted by molar-refractivity contribution is -0.0845. The third kappa shape index (κ3) is 1.97. The molecule has 0 saturated heterocycles. The molecule has 3 aliphatic rings. The topological polar surface area (TPSA) is 47.9 Å². The Hall–Kier alpha value is -1.53. The van der Waals surface area contributed by atoms with Crippen molar-refractivity contribution in [3.63, 3.8) is 0 Å². The van der Waals surface area contributed by atoms with Gasteiger partial charge in [-0.2, -0.15) is 5.10 Å². The van der Waals surface area contributed by atoms with Crippen molar-refractivity contribution in [1.29, 1.82) is 0 Å². The molecule has 23 heavy (non-hydrogen) atoms.